The minimum absolute atomic E-state index is 0.550. The highest BCUT2D eigenvalue weighted by atomic mass is 15.4. The van der Waals surface area contributed by atoms with Crippen LogP contribution in [-0.2, 0) is 0 Å². The topological polar surface area (TPSA) is 101 Å². The molecule has 1 aliphatic rings. The van der Waals surface area contributed by atoms with E-state index < -0.39 is 0 Å². The maximum atomic E-state index is 4.62. The summed E-state index contributed by atoms with van der Waals surface area (Å²) < 4.78 is 3.53. The summed E-state index contributed by atoms with van der Waals surface area (Å²) in [5.74, 6) is 3.92. The van der Waals surface area contributed by atoms with Crippen LogP contribution in [0.3, 0.4) is 0 Å². The fourth-order valence-corrected chi connectivity index (χ4v) is 3.18. The first-order valence-electron chi connectivity index (χ1n) is 8.54. The van der Waals surface area contributed by atoms with E-state index in [0.29, 0.717) is 5.92 Å². The van der Waals surface area contributed by atoms with E-state index in [1.807, 2.05) is 38.1 Å². The van der Waals surface area contributed by atoms with E-state index in [1.54, 1.807) is 9.03 Å². The molecule has 132 valence electrons. The summed E-state index contributed by atoms with van der Waals surface area (Å²) in [4.78, 5) is 2.26. The zero-order valence-corrected chi connectivity index (χ0v) is 14.5. The normalized spacial score (nSPS) is 14.9. The highest BCUT2D eigenvalue weighted by molar-refractivity contribution is 5.48. The third-order valence-electron chi connectivity index (χ3n) is 4.68. The number of fused-ring (bicyclic) bond motifs is 2. The van der Waals surface area contributed by atoms with Gasteiger partial charge in [-0.15, -0.1) is 30.6 Å². The van der Waals surface area contributed by atoms with Gasteiger partial charge in [-0.3, -0.25) is 0 Å². The molecule has 5 rings (SSSR count). The van der Waals surface area contributed by atoms with Crippen LogP contribution in [0.5, 0.6) is 0 Å². The number of nitrogens with zero attached hydrogens (tertiary/aromatic N) is 9. The van der Waals surface area contributed by atoms with Gasteiger partial charge >= 0.3 is 0 Å². The third-order valence-corrected chi connectivity index (χ3v) is 4.68. The van der Waals surface area contributed by atoms with Crippen molar-refractivity contribution in [2.75, 3.05) is 29.9 Å². The fraction of sp³-hybridized carbons (Fsp3) is 0.375. The molecule has 0 amide bonds. The SMILES string of the molecule is Cc1nnc2ccc(NCC3CN(c4ccc5nnc(C)n5n4)C3)nn12. The van der Waals surface area contributed by atoms with Gasteiger partial charge in [-0.05, 0) is 38.1 Å². The lowest BCUT2D eigenvalue weighted by Crippen LogP contribution is -2.50. The van der Waals surface area contributed by atoms with Crippen molar-refractivity contribution in [3.05, 3.63) is 35.9 Å². The second-order valence-corrected chi connectivity index (χ2v) is 6.60. The molecule has 1 N–H and O–H groups in total. The summed E-state index contributed by atoms with van der Waals surface area (Å²) in [6, 6.07) is 7.80. The molecule has 0 aromatic carbocycles. The molecule has 26 heavy (non-hydrogen) atoms. The van der Waals surface area contributed by atoms with Crippen molar-refractivity contribution in [2.24, 2.45) is 5.92 Å². The number of nitrogens with one attached hydrogen (secondary N) is 1. The Hall–Kier alpha value is -3.30. The minimum atomic E-state index is 0.550. The average molecular weight is 350 g/mol. The molecule has 5 heterocycles. The molecule has 0 aliphatic carbocycles. The van der Waals surface area contributed by atoms with Gasteiger partial charge in [0.05, 0.1) is 0 Å². The Morgan fingerprint density at radius 1 is 0.885 bits per heavy atom. The monoisotopic (exact) mass is 350 g/mol. The van der Waals surface area contributed by atoms with Crippen molar-refractivity contribution in [3.8, 4) is 0 Å². The Balaban J connectivity index is 1.22. The number of aryl methyl sites for hydroxylation is 2. The van der Waals surface area contributed by atoms with Crippen LogP contribution in [0.2, 0.25) is 0 Å². The number of anilines is 2. The number of aromatic nitrogens is 8. The Bertz CT molecular complexity index is 1090. The first-order chi connectivity index (χ1) is 12.7. The van der Waals surface area contributed by atoms with E-state index >= 15 is 0 Å². The smallest absolute Gasteiger partial charge is 0.178 e. The Morgan fingerprint density at radius 2 is 1.54 bits per heavy atom. The van der Waals surface area contributed by atoms with E-state index in [9.17, 15) is 0 Å². The largest absolute Gasteiger partial charge is 0.368 e. The molecule has 1 fully saturated rings. The van der Waals surface area contributed by atoms with Crippen LogP contribution in [0, 0.1) is 19.8 Å². The summed E-state index contributed by atoms with van der Waals surface area (Å²) in [6.45, 7) is 6.58. The van der Waals surface area contributed by atoms with Crippen LogP contribution in [0.15, 0.2) is 24.3 Å². The molecule has 0 spiro atoms. The maximum Gasteiger partial charge on any atom is 0.178 e. The predicted molar refractivity (Wildman–Crippen MR) is 95.2 cm³/mol. The molecular weight excluding hydrogens is 332 g/mol. The molecule has 0 atom stereocenters. The zero-order chi connectivity index (χ0) is 17.7. The second kappa shape index (κ2) is 5.61. The standard InChI is InChI=1S/C16H18N10/c1-10-18-20-14-4-3-13(22-25(10)14)17-7-12-8-24(9-12)16-6-5-15-21-19-11(2)26(15)23-16/h3-6,12H,7-9H2,1-2H3,(H,17,22). The molecule has 4 aromatic heterocycles. The number of hydrogen-bond donors (Lipinski definition) is 1. The van der Waals surface area contributed by atoms with Crippen molar-refractivity contribution >= 4 is 22.9 Å². The number of rotatable bonds is 4. The quantitative estimate of drug-likeness (QED) is 0.575. The molecule has 0 unspecified atom stereocenters. The molecule has 0 saturated carbocycles. The van der Waals surface area contributed by atoms with Crippen LogP contribution in [0.25, 0.3) is 11.3 Å². The van der Waals surface area contributed by atoms with Crippen molar-refractivity contribution in [1.82, 2.24) is 39.6 Å². The van der Waals surface area contributed by atoms with Gasteiger partial charge in [0.1, 0.15) is 11.6 Å². The van der Waals surface area contributed by atoms with Gasteiger partial charge in [-0.2, -0.15) is 9.03 Å². The summed E-state index contributed by atoms with van der Waals surface area (Å²) in [7, 11) is 0. The van der Waals surface area contributed by atoms with Crippen molar-refractivity contribution < 1.29 is 0 Å². The van der Waals surface area contributed by atoms with E-state index in [2.05, 4.69) is 40.8 Å². The first kappa shape index (κ1) is 15.0. The second-order valence-electron chi connectivity index (χ2n) is 6.60. The van der Waals surface area contributed by atoms with Crippen LogP contribution in [0.4, 0.5) is 11.6 Å². The highest BCUT2D eigenvalue weighted by Crippen LogP contribution is 2.23. The van der Waals surface area contributed by atoms with Crippen molar-refractivity contribution in [2.45, 2.75) is 13.8 Å². The van der Waals surface area contributed by atoms with Crippen molar-refractivity contribution in [1.29, 1.82) is 0 Å². The van der Waals surface area contributed by atoms with Gasteiger partial charge < -0.3 is 10.2 Å². The van der Waals surface area contributed by atoms with Gasteiger partial charge in [0.15, 0.2) is 22.9 Å². The van der Waals surface area contributed by atoms with Crippen molar-refractivity contribution in [3.63, 3.8) is 0 Å². The lowest BCUT2D eigenvalue weighted by atomic mass is 10.0. The summed E-state index contributed by atoms with van der Waals surface area (Å²) >= 11 is 0. The van der Waals surface area contributed by atoms with Gasteiger partial charge in [0.25, 0.3) is 0 Å². The lowest BCUT2D eigenvalue weighted by Gasteiger charge is -2.40. The molecule has 0 radical (unpaired) electrons. The number of hydrogen-bond acceptors (Lipinski definition) is 8. The lowest BCUT2D eigenvalue weighted by molar-refractivity contribution is 0.424. The summed E-state index contributed by atoms with van der Waals surface area (Å²) in [6.07, 6.45) is 0. The predicted octanol–water partition coefficient (Wildman–Crippen LogP) is 0.727. The molecule has 4 aromatic rings. The maximum absolute atomic E-state index is 4.62. The Morgan fingerprint density at radius 3 is 2.27 bits per heavy atom. The van der Waals surface area contributed by atoms with E-state index in [4.69, 9.17) is 0 Å². The molecule has 1 saturated heterocycles. The first-order valence-corrected chi connectivity index (χ1v) is 8.54. The average Bonchev–Trinajstić information content (AvgIpc) is 3.17. The Labute approximate surface area is 148 Å². The molecular formula is C16H18N10. The highest BCUT2D eigenvalue weighted by Gasteiger charge is 2.28. The third kappa shape index (κ3) is 2.41. The van der Waals surface area contributed by atoms with Crippen LogP contribution in [0.1, 0.15) is 11.6 Å². The molecule has 10 nitrogen and oxygen atoms in total. The summed E-state index contributed by atoms with van der Waals surface area (Å²) in [5.41, 5.74) is 1.53. The van der Waals surface area contributed by atoms with E-state index in [-0.39, 0.29) is 0 Å². The Kier molecular flexibility index (Phi) is 3.24. The van der Waals surface area contributed by atoms with E-state index in [1.165, 1.54) is 0 Å². The van der Waals surface area contributed by atoms with E-state index in [0.717, 1.165) is 54.2 Å². The fourth-order valence-electron chi connectivity index (χ4n) is 3.18. The minimum Gasteiger partial charge on any atom is -0.368 e. The van der Waals surface area contributed by atoms with Crippen LogP contribution >= 0.6 is 0 Å². The van der Waals surface area contributed by atoms with Gasteiger partial charge in [-0.1, -0.05) is 0 Å². The van der Waals surface area contributed by atoms with Gasteiger partial charge in [0.2, 0.25) is 0 Å². The van der Waals surface area contributed by atoms with Crippen LogP contribution in [-0.4, -0.2) is 59.3 Å². The summed E-state index contributed by atoms with van der Waals surface area (Å²) in [5, 5.41) is 28.7. The van der Waals surface area contributed by atoms with Crippen LogP contribution < -0.4 is 10.2 Å². The molecule has 0 bridgehead atoms. The molecule has 1 aliphatic heterocycles. The molecule has 10 heteroatoms. The van der Waals surface area contributed by atoms with Gasteiger partial charge in [-0.25, -0.2) is 0 Å². The zero-order valence-electron chi connectivity index (χ0n) is 14.5. The van der Waals surface area contributed by atoms with Gasteiger partial charge in [0, 0.05) is 25.6 Å².